The number of nitrogens with zero attached hydrogens (tertiary/aromatic N) is 3. The summed E-state index contributed by atoms with van der Waals surface area (Å²) in [7, 11) is 1.87. The molecule has 7 heteroatoms. The number of aromatic nitrogens is 2. The summed E-state index contributed by atoms with van der Waals surface area (Å²) in [5, 5.41) is 9.97. The van der Waals surface area contributed by atoms with Gasteiger partial charge in [0.15, 0.2) is 0 Å². The molecule has 0 bridgehead atoms. The third-order valence-electron chi connectivity index (χ3n) is 4.26. The van der Waals surface area contributed by atoms with Gasteiger partial charge in [-0.2, -0.15) is 13.2 Å². The maximum Gasteiger partial charge on any atom is 0.416 e. The second-order valence-corrected chi connectivity index (χ2v) is 5.95. The van der Waals surface area contributed by atoms with Gasteiger partial charge in [-0.3, -0.25) is 4.90 Å². The van der Waals surface area contributed by atoms with Crippen molar-refractivity contribution in [1.82, 2.24) is 14.5 Å². The minimum absolute atomic E-state index is 0.234. The highest BCUT2D eigenvalue weighted by Gasteiger charge is 2.35. The van der Waals surface area contributed by atoms with Gasteiger partial charge in [-0.15, -0.1) is 0 Å². The molecule has 2 atom stereocenters. The molecule has 4 nitrogen and oxygen atoms in total. The van der Waals surface area contributed by atoms with Gasteiger partial charge in [-0.05, 0) is 24.1 Å². The van der Waals surface area contributed by atoms with E-state index in [9.17, 15) is 18.3 Å². The Hall–Kier alpha value is -1.86. The Kier molecular flexibility index (Phi) is 4.16. The first kappa shape index (κ1) is 16.0. The van der Waals surface area contributed by atoms with Crippen LogP contribution in [0.4, 0.5) is 13.2 Å². The van der Waals surface area contributed by atoms with E-state index < -0.39 is 17.8 Å². The molecule has 0 amide bonds. The molecule has 1 aliphatic rings. The standard InChI is InChI=1S/C16H18F3N3O/c1-21-10-20-7-13(21)8-22-9-14(23)6-15(22)11-3-2-4-12(5-11)16(17,18)19/h2-5,7,10,14-15,23H,6,8-9H2,1H3/t14-,15-/m0/s1. The lowest BCUT2D eigenvalue weighted by atomic mass is 10.0. The molecule has 0 aliphatic carbocycles. The molecule has 1 N–H and O–H groups in total. The second kappa shape index (κ2) is 5.98. The van der Waals surface area contributed by atoms with E-state index in [1.807, 2.05) is 16.5 Å². The fourth-order valence-electron chi connectivity index (χ4n) is 3.07. The Labute approximate surface area is 132 Å². The number of aryl methyl sites for hydroxylation is 1. The Morgan fingerprint density at radius 2 is 2.13 bits per heavy atom. The molecular formula is C16H18F3N3O. The summed E-state index contributed by atoms with van der Waals surface area (Å²) < 4.78 is 40.6. The number of aliphatic hydroxyl groups excluding tert-OH is 1. The Bertz CT molecular complexity index is 683. The minimum atomic E-state index is -4.36. The first-order chi connectivity index (χ1) is 10.8. The predicted molar refractivity (Wildman–Crippen MR) is 78.4 cm³/mol. The molecule has 1 aromatic carbocycles. The van der Waals surface area contributed by atoms with E-state index in [0.29, 0.717) is 25.1 Å². The van der Waals surface area contributed by atoms with Gasteiger partial charge in [0.25, 0.3) is 0 Å². The number of alkyl halides is 3. The van der Waals surface area contributed by atoms with E-state index in [4.69, 9.17) is 0 Å². The molecule has 0 spiro atoms. The first-order valence-corrected chi connectivity index (χ1v) is 7.39. The summed E-state index contributed by atoms with van der Waals surface area (Å²) in [6, 6.07) is 5.13. The van der Waals surface area contributed by atoms with Crippen LogP contribution in [0.3, 0.4) is 0 Å². The smallest absolute Gasteiger partial charge is 0.392 e. The third-order valence-corrected chi connectivity index (χ3v) is 4.26. The van der Waals surface area contributed by atoms with Crippen molar-refractivity contribution in [3.8, 4) is 0 Å². The monoisotopic (exact) mass is 325 g/mol. The van der Waals surface area contributed by atoms with Gasteiger partial charge in [0.1, 0.15) is 0 Å². The molecule has 2 aromatic rings. The molecule has 1 saturated heterocycles. The van der Waals surface area contributed by atoms with E-state index in [0.717, 1.165) is 11.8 Å². The molecule has 3 rings (SSSR count). The van der Waals surface area contributed by atoms with Gasteiger partial charge in [0.2, 0.25) is 0 Å². The largest absolute Gasteiger partial charge is 0.416 e. The van der Waals surface area contributed by atoms with Crippen LogP contribution in [-0.2, 0) is 19.8 Å². The van der Waals surface area contributed by atoms with E-state index in [2.05, 4.69) is 4.98 Å². The van der Waals surface area contributed by atoms with E-state index in [-0.39, 0.29) is 6.04 Å². The fraction of sp³-hybridized carbons (Fsp3) is 0.438. The van der Waals surface area contributed by atoms with Crippen LogP contribution in [0.2, 0.25) is 0 Å². The van der Waals surface area contributed by atoms with E-state index in [1.165, 1.54) is 12.1 Å². The maximum absolute atomic E-state index is 12.9. The lowest BCUT2D eigenvalue weighted by Gasteiger charge is -2.25. The highest BCUT2D eigenvalue weighted by atomic mass is 19.4. The van der Waals surface area contributed by atoms with Crippen molar-refractivity contribution >= 4 is 0 Å². The fourth-order valence-corrected chi connectivity index (χ4v) is 3.07. The number of halogens is 3. The van der Waals surface area contributed by atoms with Crippen molar-refractivity contribution in [3.05, 3.63) is 53.6 Å². The predicted octanol–water partition coefficient (Wildman–Crippen LogP) is 2.75. The average molecular weight is 325 g/mol. The number of β-amino-alcohol motifs (C(OH)–C–C–N with tert-alkyl or cyclic N) is 1. The van der Waals surface area contributed by atoms with Crippen LogP contribution in [0.1, 0.15) is 29.3 Å². The molecule has 1 fully saturated rings. The highest BCUT2D eigenvalue weighted by molar-refractivity contribution is 5.29. The van der Waals surface area contributed by atoms with Gasteiger partial charge >= 0.3 is 6.18 Å². The highest BCUT2D eigenvalue weighted by Crippen LogP contribution is 2.36. The zero-order chi connectivity index (χ0) is 16.6. The van der Waals surface area contributed by atoms with Gasteiger partial charge < -0.3 is 9.67 Å². The van der Waals surface area contributed by atoms with Crippen LogP contribution in [0, 0.1) is 0 Å². The van der Waals surface area contributed by atoms with Crippen LogP contribution in [-0.4, -0.2) is 32.2 Å². The van der Waals surface area contributed by atoms with E-state index in [1.54, 1.807) is 18.6 Å². The van der Waals surface area contributed by atoms with Crippen LogP contribution in [0.5, 0.6) is 0 Å². The van der Waals surface area contributed by atoms with Gasteiger partial charge in [-0.1, -0.05) is 12.1 Å². The quantitative estimate of drug-likeness (QED) is 0.943. The molecule has 23 heavy (non-hydrogen) atoms. The van der Waals surface area contributed by atoms with Crippen molar-refractivity contribution in [2.75, 3.05) is 6.54 Å². The van der Waals surface area contributed by atoms with Gasteiger partial charge in [0.05, 0.1) is 23.7 Å². The van der Waals surface area contributed by atoms with Crippen LogP contribution in [0.25, 0.3) is 0 Å². The van der Waals surface area contributed by atoms with Crippen LogP contribution >= 0.6 is 0 Å². The van der Waals surface area contributed by atoms with Crippen molar-refractivity contribution in [2.24, 2.45) is 7.05 Å². The summed E-state index contributed by atoms with van der Waals surface area (Å²) >= 11 is 0. The molecule has 2 heterocycles. The number of benzene rings is 1. The molecular weight excluding hydrogens is 307 g/mol. The molecule has 124 valence electrons. The maximum atomic E-state index is 12.9. The summed E-state index contributed by atoms with van der Waals surface area (Å²) in [6.45, 7) is 0.973. The summed E-state index contributed by atoms with van der Waals surface area (Å²) in [4.78, 5) is 6.05. The van der Waals surface area contributed by atoms with Crippen molar-refractivity contribution in [2.45, 2.75) is 31.3 Å². The topological polar surface area (TPSA) is 41.3 Å². The van der Waals surface area contributed by atoms with Crippen molar-refractivity contribution in [3.63, 3.8) is 0 Å². The number of likely N-dealkylation sites (tertiary alicyclic amines) is 1. The zero-order valence-corrected chi connectivity index (χ0v) is 12.7. The molecule has 0 unspecified atom stereocenters. The van der Waals surface area contributed by atoms with Crippen molar-refractivity contribution in [1.29, 1.82) is 0 Å². The minimum Gasteiger partial charge on any atom is -0.392 e. The summed E-state index contributed by atoms with van der Waals surface area (Å²) in [5.74, 6) is 0. The number of rotatable bonds is 3. The van der Waals surface area contributed by atoms with E-state index >= 15 is 0 Å². The van der Waals surface area contributed by atoms with Gasteiger partial charge in [-0.25, -0.2) is 4.98 Å². The molecule has 1 aromatic heterocycles. The molecule has 1 aliphatic heterocycles. The SMILES string of the molecule is Cn1cncc1CN1C[C@@H](O)C[C@H]1c1cccc(C(F)(F)F)c1. The number of hydrogen-bond donors (Lipinski definition) is 1. The molecule has 0 radical (unpaired) electrons. The second-order valence-electron chi connectivity index (χ2n) is 5.95. The average Bonchev–Trinajstić information content (AvgIpc) is 3.05. The number of aliphatic hydroxyl groups is 1. The van der Waals surface area contributed by atoms with Crippen LogP contribution < -0.4 is 0 Å². The lowest BCUT2D eigenvalue weighted by Crippen LogP contribution is -2.25. The first-order valence-electron chi connectivity index (χ1n) is 7.39. The van der Waals surface area contributed by atoms with Gasteiger partial charge in [0, 0.05) is 32.4 Å². The summed E-state index contributed by atoms with van der Waals surface area (Å²) in [6.07, 6.45) is -1.06. The Morgan fingerprint density at radius 3 is 2.78 bits per heavy atom. The number of imidazole rings is 1. The van der Waals surface area contributed by atoms with Crippen molar-refractivity contribution < 1.29 is 18.3 Å². The summed E-state index contributed by atoms with van der Waals surface area (Å²) in [5.41, 5.74) is 0.881. The lowest BCUT2D eigenvalue weighted by molar-refractivity contribution is -0.137. The normalized spacial score (nSPS) is 22.7. The Morgan fingerprint density at radius 1 is 1.35 bits per heavy atom. The Balaban J connectivity index is 1.86. The third kappa shape index (κ3) is 3.40. The zero-order valence-electron chi connectivity index (χ0n) is 12.7. The molecule has 0 saturated carbocycles. The number of hydrogen-bond acceptors (Lipinski definition) is 3. The van der Waals surface area contributed by atoms with Crippen LogP contribution in [0.15, 0.2) is 36.8 Å².